The lowest BCUT2D eigenvalue weighted by Crippen LogP contribution is -2.05. The van der Waals surface area contributed by atoms with Gasteiger partial charge in [-0.1, -0.05) is 41.1 Å². The van der Waals surface area contributed by atoms with Crippen molar-refractivity contribution in [2.24, 2.45) is 0 Å². The van der Waals surface area contributed by atoms with E-state index in [1.54, 1.807) is 9.36 Å². The van der Waals surface area contributed by atoms with E-state index in [4.69, 9.17) is 11.6 Å². The predicted octanol–water partition coefficient (Wildman–Crippen LogP) is 5.24. The second-order valence-electron chi connectivity index (χ2n) is 7.34. The minimum atomic E-state index is -2.58. The molecule has 5 rings (SSSR count). The van der Waals surface area contributed by atoms with Gasteiger partial charge >= 0.3 is 0 Å². The molecule has 0 spiro atoms. The van der Waals surface area contributed by atoms with Crippen molar-refractivity contribution in [1.82, 2.24) is 29.8 Å². The van der Waals surface area contributed by atoms with Gasteiger partial charge in [-0.25, -0.2) is 8.78 Å². The summed E-state index contributed by atoms with van der Waals surface area (Å²) in [5, 5.41) is 22.0. The molecule has 4 aromatic rings. The van der Waals surface area contributed by atoms with Crippen molar-refractivity contribution in [3.63, 3.8) is 0 Å². The Morgan fingerprint density at radius 1 is 1.13 bits per heavy atom. The SMILES string of the molecule is FC(F)c1cc(C2CC2)n(Cc2nnc(Nc3ccn(Cc4ccccc4Cl)n3)s2)n1. The number of hydrogen-bond donors (Lipinski definition) is 1. The van der Waals surface area contributed by atoms with E-state index in [2.05, 4.69) is 25.7 Å². The van der Waals surface area contributed by atoms with Gasteiger partial charge in [0.2, 0.25) is 5.13 Å². The molecule has 0 bridgehead atoms. The molecule has 0 radical (unpaired) electrons. The van der Waals surface area contributed by atoms with Gasteiger partial charge in [0, 0.05) is 28.9 Å². The monoisotopic (exact) mass is 461 g/mol. The summed E-state index contributed by atoms with van der Waals surface area (Å²) >= 11 is 7.56. The van der Waals surface area contributed by atoms with Gasteiger partial charge in [0.1, 0.15) is 10.7 Å². The topological polar surface area (TPSA) is 73.5 Å². The third-order valence-electron chi connectivity index (χ3n) is 4.97. The number of nitrogens with one attached hydrogen (secondary N) is 1. The van der Waals surface area contributed by atoms with E-state index in [0.717, 1.165) is 24.1 Å². The molecule has 1 aromatic carbocycles. The number of nitrogens with zero attached hydrogens (tertiary/aromatic N) is 6. The highest BCUT2D eigenvalue weighted by atomic mass is 35.5. The second kappa shape index (κ2) is 8.35. The average Bonchev–Trinajstić information content (AvgIpc) is 3.13. The fourth-order valence-electron chi connectivity index (χ4n) is 3.32. The lowest BCUT2D eigenvalue weighted by atomic mass is 10.2. The third-order valence-corrected chi connectivity index (χ3v) is 6.16. The summed E-state index contributed by atoms with van der Waals surface area (Å²) in [4.78, 5) is 0. The first kappa shape index (κ1) is 20.1. The van der Waals surface area contributed by atoms with Crippen molar-refractivity contribution < 1.29 is 8.78 Å². The average molecular weight is 462 g/mol. The van der Waals surface area contributed by atoms with Gasteiger partial charge in [0.05, 0.1) is 13.1 Å². The van der Waals surface area contributed by atoms with Gasteiger partial charge in [0.25, 0.3) is 6.43 Å². The Morgan fingerprint density at radius 3 is 2.74 bits per heavy atom. The highest BCUT2D eigenvalue weighted by molar-refractivity contribution is 7.15. The number of aromatic nitrogens is 6. The summed E-state index contributed by atoms with van der Waals surface area (Å²) in [5.74, 6) is 0.945. The number of hydrogen-bond acceptors (Lipinski definition) is 6. The zero-order valence-electron chi connectivity index (χ0n) is 16.3. The van der Waals surface area contributed by atoms with E-state index >= 15 is 0 Å². The van der Waals surface area contributed by atoms with Gasteiger partial charge in [-0.05, 0) is 30.5 Å². The van der Waals surface area contributed by atoms with Gasteiger partial charge < -0.3 is 5.32 Å². The molecule has 160 valence electrons. The Bertz CT molecular complexity index is 1200. The van der Waals surface area contributed by atoms with Crippen LogP contribution in [0, 0.1) is 0 Å². The molecule has 0 atom stereocenters. The molecule has 7 nitrogen and oxygen atoms in total. The lowest BCUT2D eigenvalue weighted by molar-refractivity contribution is 0.145. The first-order valence-corrected chi connectivity index (χ1v) is 11.0. The van der Waals surface area contributed by atoms with Crippen molar-refractivity contribution in [2.75, 3.05) is 5.32 Å². The van der Waals surface area contributed by atoms with Crippen LogP contribution in [-0.2, 0) is 13.1 Å². The molecule has 1 N–H and O–H groups in total. The Hall–Kier alpha value is -2.85. The van der Waals surface area contributed by atoms with Crippen molar-refractivity contribution in [2.45, 2.75) is 38.3 Å². The van der Waals surface area contributed by atoms with Gasteiger partial charge in [0.15, 0.2) is 5.82 Å². The molecule has 31 heavy (non-hydrogen) atoms. The first-order valence-electron chi connectivity index (χ1n) is 9.77. The maximum atomic E-state index is 13.1. The molecule has 11 heteroatoms. The predicted molar refractivity (Wildman–Crippen MR) is 114 cm³/mol. The van der Waals surface area contributed by atoms with Crippen molar-refractivity contribution in [3.05, 3.63) is 69.6 Å². The highest BCUT2D eigenvalue weighted by Gasteiger charge is 2.30. The molecule has 0 unspecified atom stereocenters. The molecule has 3 heterocycles. The molecule has 0 saturated heterocycles. The number of alkyl halides is 2. The largest absolute Gasteiger partial charge is 0.313 e. The van der Waals surface area contributed by atoms with Crippen LogP contribution in [0.5, 0.6) is 0 Å². The van der Waals surface area contributed by atoms with Crippen LogP contribution >= 0.6 is 22.9 Å². The van der Waals surface area contributed by atoms with Crippen LogP contribution in [0.2, 0.25) is 5.02 Å². The molecule has 0 amide bonds. The van der Waals surface area contributed by atoms with E-state index in [9.17, 15) is 8.78 Å². The van der Waals surface area contributed by atoms with Crippen LogP contribution in [0.15, 0.2) is 42.6 Å². The minimum absolute atomic E-state index is 0.186. The highest BCUT2D eigenvalue weighted by Crippen LogP contribution is 2.41. The minimum Gasteiger partial charge on any atom is -0.313 e. The Balaban J connectivity index is 1.26. The maximum absolute atomic E-state index is 13.1. The summed E-state index contributed by atoms with van der Waals surface area (Å²) < 4.78 is 29.5. The summed E-state index contributed by atoms with van der Waals surface area (Å²) in [6, 6.07) is 11.0. The number of anilines is 2. The molecule has 3 aromatic heterocycles. The fourth-order valence-corrected chi connectivity index (χ4v) is 4.24. The van der Waals surface area contributed by atoms with Crippen molar-refractivity contribution >= 4 is 33.9 Å². The van der Waals surface area contributed by atoms with Crippen LogP contribution < -0.4 is 5.32 Å². The van der Waals surface area contributed by atoms with Crippen molar-refractivity contribution in [1.29, 1.82) is 0 Å². The molecular formula is C20H18ClF2N7S. The maximum Gasteiger partial charge on any atom is 0.282 e. The number of benzene rings is 1. The second-order valence-corrected chi connectivity index (χ2v) is 8.81. The van der Waals surface area contributed by atoms with E-state index in [1.807, 2.05) is 36.5 Å². The lowest BCUT2D eigenvalue weighted by Gasteiger charge is -2.04. The molecule has 0 aliphatic heterocycles. The van der Waals surface area contributed by atoms with Crippen LogP contribution in [0.1, 0.15) is 47.1 Å². The van der Waals surface area contributed by atoms with Crippen LogP contribution in [-0.4, -0.2) is 29.8 Å². The summed E-state index contributed by atoms with van der Waals surface area (Å²) in [6.45, 7) is 0.872. The summed E-state index contributed by atoms with van der Waals surface area (Å²) in [5.41, 5.74) is 1.64. The zero-order chi connectivity index (χ0) is 21.4. The van der Waals surface area contributed by atoms with Gasteiger partial charge in [-0.15, -0.1) is 10.2 Å². The van der Waals surface area contributed by atoms with Crippen LogP contribution in [0.3, 0.4) is 0 Å². The Kier molecular flexibility index (Phi) is 5.41. The van der Waals surface area contributed by atoms with E-state index < -0.39 is 6.43 Å². The smallest absolute Gasteiger partial charge is 0.282 e. The van der Waals surface area contributed by atoms with E-state index in [0.29, 0.717) is 40.0 Å². The molecule has 1 saturated carbocycles. The van der Waals surface area contributed by atoms with Crippen LogP contribution in [0.4, 0.5) is 19.7 Å². The van der Waals surface area contributed by atoms with E-state index in [1.165, 1.54) is 17.4 Å². The zero-order valence-corrected chi connectivity index (χ0v) is 17.8. The third kappa shape index (κ3) is 4.59. The van der Waals surface area contributed by atoms with E-state index in [-0.39, 0.29) is 5.69 Å². The molecule has 1 aliphatic rings. The normalized spacial score (nSPS) is 13.8. The molecule has 1 fully saturated rings. The Labute approximate surface area is 185 Å². The van der Waals surface area contributed by atoms with Gasteiger partial charge in [-0.2, -0.15) is 10.2 Å². The van der Waals surface area contributed by atoms with Crippen LogP contribution in [0.25, 0.3) is 0 Å². The summed E-state index contributed by atoms with van der Waals surface area (Å²) in [7, 11) is 0. The fraction of sp³-hybridized carbons (Fsp3) is 0.300. The molecule has 1 aliphatic carbocycles. The molecular weight excluding hydrogens is 444 g/mol. The number of halogens is 3. The quantitative estimate of drug-likeness (QED) is 0.388. The summed E-state index contributed by atoms with van der Waals surface area (Å²) in [6.07, 6.45) is 1.29. The Morgan fingerprint density at radius 2 is 1.97 bits per heavy atom. The number of rotatable bonds is 8. The van der Waals surface area contributed by atoms with Gasteiger partial charge in [-0.3, -0.25) is 9.36 Å². The first-order chi connectivity index (χ1) is 15.0. The standard InChI is InChI=1S/C20H18ClF2N7S/c21-14-4-2-1-3-13(14)10-29-8-7-17(28-29)24-20-26-25-18(31-20)11-30-16(12-5-6-12)9-15(27-30)19(22)23/h1-4,7-9,12,19H,5-6,10-11H2,(H,24,26,28). The van der Waals surface area contributed by atoms with Crippen molar-refractivity contribution in [3.8, 4) is 0 Å².